The minimum absolute atomic E-state index is 0.470. The minimum atomic E-state index is 0.470. The maximum absolute atomic E-state index is 11.3. The number of Topliss-reactive ketones (excluding diaryl/α,β-unsaturated/α-hetero) is 1. The lowest BCUT2D eigenvalue weighted by atomic mass is 9.70. The molecule has 0 heterocycles. The first-order valence-corrected chi connectivity index (χ1v) is 7.18. The van der Waals surface area contributed by atoms with Gasteiger partial charge in [0.2, 0.25) is 0 Å². The van der Waals surface area contributed by atoms with Crippen LogP contribution in [0.1, 0.15) is 72.1 Å². The molecule has 0 aromatic carbocycles. The van der Waals surface area contributed by atoms with Gasteiger partial charge in [-0.15, -0.1) is 0 Å². The Kier molecular flexibility index (Phi) is 3.75. The SMILES string of the molecule is CC(C)(C)C1CCC(=C2CCC(=O)CC2)CC1. The number of hydrogen-bond acceptors (Lipinski definition) is 1. The van der Waals surface area contributed by atoms with Crippen LogP contribution in [-0.4, -0.2) is 5.78 Å². The molecule has 0 atom stereocenters. The second kappa shape index (κ2) is 4.96. The van der Waals surface area contributed by atoms with Crippen LogP contribution in [0.5, 0.6) is 0 Å². The van der Waals surface area contributed by atoms with Gasteiger partial charge < -0.3 is 0 Å². The quantitative estimate of drug-likeness (QED) is 0.557. The molecule has 2 aliphatic rings. The zero-order chi connectivity index (χ0) is 12.5. The van der Waals surface area contributed by atoms with E-state index in [2.05, 4.69) is 20.8 Å². The predicted molar refractivity (Wildman–Crippen MR) is 71.9 cm³/mol. The molecular formula is C16H26O. The molecule has 2 saturated carbocycles. The van der Waals surface area contributed by atoms with Gasteiger partial charge in [-0.3, -0.25) is 4.79 Å². The second-order valence-electron chi connectivity index (χ2n) is 6.89. The highest BCUT2D eigenvalue weighted by Gasteiger charge is 2.28. The Morgan fingerprint density at radius 2 is 1.29 bits per heavy atom. The Labute approximate surface area is 106 Å². The maximum atomic E-state index is 11.3. The maximum Gasteiger partial charge on any atom is 0.133 e. The van der Waals surface area contributed by atoms with Crippen molar-refractivity contribution in [3.8, 4) is 0 Å². The summed E-state index contributed by atoms with van der Waals surface area (Å²) in [5, 5.41) is 0. The molecule has 1 nitrogen and oxygen atoms in total. The lowest BCUT2D eigenvalue weighted by molar-refractivity contribution is -0.119. The highest BCUT2D eigenvalue weighted by atomic mass is 16.1. The molecule has 1 heteroatoms. The highest BCUT2D eigenvalue weighted by Crippen LogP contribution is 2.41. The van der Waals surface area contributed by atoms with Crippen LogP contribution in [0.15, 0.2) is 11.1 Å². The van der Waals surface area contributed by atoms with Gasteiger partial charge in [0.05, 0.1) is 0 Å². The first kappa shape index (κ1) is 12.9. The molecule has 2 aliphatic carbocycles. The van der Waals surface area contributed by atoms with Crippen LogP contribution in [0.3, 0.4) is 0 Å². The van der Waals surface area contributed by atoms with Crippen molar-refractivity contribution in [3.05, 3.63) is 11.1 Å². The molecule has 0 radical (unpaired) electrons. The van der Waals surface area contributed by atoms with Crippen LogP contribution < -0.4 is 0 Å². The van der Waals surface area contributed by atoms with Crippen LogP contribution in [0.2, 0.25) is 0 Å². The van der Waals surface area contributed by atoms with E-state index in [4.69, 9.17) is 0 Å². The van der Waals surface area contributed by atoms with E-state index in [-0.39, 0.29) is 0 Å². The summed E-state index contributed by atoms with van der Waals surface area (Å²) in [6, 6.07) is 0. The molecule has 17 heavy (non-hydrogen) atoms. The van der Waals surface area contributed by atoms with E-state index in [1.807, 2.05) is 0 Å². The average Bonchev–Trinajstić information content (AvgIpc) is 2.29. The van der Waals surface area contributed by atoms with E-state index in [0.717, 1.165) is 31.6 Å². The van der Waals surface area contributed by atoms with Gasteiger partial charge in [-0.25, -0.2) is 0 Å². The lowest BCUT2D eigenvalue weighted by Gasteiger charge is -2.36. The van der Waals surface area contributed by atoms with Gasteiger partial charge in [-0.2, -0.15) is 0 Å². The van der Waals surface area contributed by atoms with Crippen molar-refractivity contribution in [3.63, 3.8) is 0 Å². The molecule has 0 amide bonds. The molecule has 2 rings (SSSR count). The van der Waals surface area contributed by atoms with Crippen molar-refractivity contribution < 1.29 is 4.79 Å². The molecule has 0 saturated heterocycles. The zero-order valence-electron chi connectivity index (χ0n) is 11.6. The molecule has 2 fully saturated rings. The summed E-state index contributed by atoms with van der Waals surface area (Å²) in [6.07, 6.45) is 9.05. The minimum Gasteiger partial charge on any atom is -0.300 e. The number of rotatable bonds is 0. The van der Waals surface area contributed by atoms with Crippen molar-refractivity contribution in [2.24, 2.45) is 11.3 Å². The summed E-state index contributed by atoms with van der Waals surface area (Å²) in [7, 11) is 0. The largest absolute Gasteiger partial charge is 0.300 e. The Morgan fingerprint density at radius 3 is 1.76 bits per heavy atom. The van der Waals surface area contributed by atoms with Gasteiger partial charge in [0.25, 0.3) is 0 Å². The number of ketones is 1. The van der Waals surface area contributed by atoms with Crippen LogP contribution in [0.4, 0.5) is 0 Å². The number of carbonyl (C=O) groups excluding carboxylic acids is 1. The topological polar surface area (TPSA) is 17.1 Å². The molecule has 0 unspecified atom stereocenters. The Morgan fingerprint density at radius 1 is 0.824 bits per heavy atom. The van der Waals surface area contributed by atoms with Crippen LogP contribution in [-0.2, 0) is 4.79 Å². The molecule has 0 aromatic heterocycles. The summed E-state index contributed by atoms with van der Waals surface area (Å²) in [6.45, 7) is 7.11. The van der Waals surface area contributed by atoms with Crippen LogP contribution in [0, 0.1) is 11.3 Å². The normalized spacial score (nSPS) is 27.5. The summed E-state index contributed by atoms with van der Waals surface area (Å²) >= 11 is 0. The molecule has 0 N–H and O–H groups in total. The summed E-state index contributed by atoms with van der Waals surface area (Å²) in [5.74, 6) is 1.36. The second-order valence-corrected chi connectivity index (χ2v) is 6.89. The van der Waals surface area contributed by atoms with Crippen molar-refractivity contribution in [2.45, 2.75) is 72.1 Å². The van der Waals surface area contributed by atoms with Gasteiger partial charge in [-0.05, 0) is 49.9 Å². The third-order valence-corrected chi connectivity index (χ3v) is 4.73. The molecule has 0 spiro atoms. The van der Waals surface area contributed by atoms with E-state index >= 15 is 0 Å². The van der Waals surface area contributed by atoms with E-state index in [0.29, 0.717) is 11.2 Å². The fourth-order valence-electron chi connectivity index (χ4n) is 3.37. The summed E-state index contributed by atoms with van der Waals surface area (Å²) in [4.78, 5) is 11.3. The number of allylic oxidation sites excluding steroid dienone is 2. The molecular weight excluding hydrogens is 208 g/mol. The predicted octanol–water partition coefficient (Wildman–Crippen LogP) is 4.66. The molecule has 0 aromatic rings. The van der Waals surface area contributed by atoms with Crippen molar-refractivity contribution in [2.75, 3.05) is 0 Å². The third kappa shape index (κ3) is 3.20. The standard InChI is InChI=1S/C16H26O/c1-16(2,3)14-8-4-12(5-9-14)13-6-10-15(17)11-7-13/h14H,4-11H2,1-3H3. The number of hydrogen-bond donors (Lipinski definition) is 0. The first-order valence-electron chi connectivity index (χ1n) is 7.18. The summed E-state index contributed by atoms with van der Waals surface area (Å²) in [5.41, 5.74) is 3.81. The molecule has 0 bridgehead atoms. The first-order chi connectivity index (χ1) is 7.97. The van der Waals surface area contributed by atoms with E-state index in [1.165, 1.54) is 25.7 Å². The van der Waals surface area contributed by atoms with Gasteiger partial charge in [0, 0.05) is 12.8 Å². The molecule has 0 aliphatic heterocycles. The Balaban J connectivity index is 1.94. The van der Waals surface area contributed by atoms with Gasteiger partial charge in [0.1, 0.15) is 5.78 Å². The third-order valence-electron chi connectivity index (χ3n) is 4.73. The Hall–Kier alpha value is -0.590. The van der Waals surface area contributed by atoms with Gasteiger partial charge in [-0.1, -0.05) is 31.9 Å². The van der Waals surface area contributed by atoms with Crippen LogP contribution in [0.25, 0.3) is 0 Å². The monoisotopic (exact) mass is 234 g/mol. The lowest BCUT2D eigenvalue weighted by Crippen LogP contribution is -2.24. The van der Waals surface area contributed by atoms with E-state index < -0.39 is 0 Å². The fourth-order valence-corrected chi connectivity index (χ4v) is 3.37. The van der Waals surface area contributed by atoms with Crippen molar-refractivity contribution in [1.82, 2.24) is 0 Å². The van der Waals surface area contributed by atoms with Gasteiger partial charge >= 0.3 is 0 Å². The van der Waals surface area contributed by atoms with E-state index in [9.17, 15) is 4.79 Å². The zero-order valence-corrected chi connectivity index (χ0v) is 11.6. The van der Waals surface area contributed by atoms with E-state index in [1.54, 1.807) is 11.1 Å². The number of carbonyl (C=O) groups is 1. The fraction of sp³-hybridized carbons (Fsp3) is 0.812. The van der Waals surface area contributed by atoms with Crippen molar-refractivity contribution >= 4 is 5.78 Å². The average molecular weight is 234 g/mol. The van der Waals surface area contributed by atoms with Crippen molar-refractivity contribution in [1.29, 1.82) is 0 Å². The Bertz CT molecular complexity index is 308. The molecule has 96 valence electrons. The summed E-state index contributed by atoms with van der Waals surface area (Å²) < 4.78 is 0. The highest BCUT2D eigenvalue weighted by molar-refractivity contribution is 5.80. The smallest absolute Gasteiger partial charge is 0.133 e. The van der Waals surface area contributed by atoms with Gasteiger partial charge in [0.15, 0.2) is 0 Å². The van der Waals surface area contributed by atoms with Crippen LogP contribution >= 0.6 is 0 Å².